The molecule has 4 nitrogen and oxygen atoms in total. The summed E-state index contributed by atoms with van der Waals surface area (Å²) in [7, 11) is 0. The normalized spacial score (nSPS) is 11.3. The molecule has 0 fully saturated rings. The Bertz CT molecular complexity index is 2950. The van der Waals surface area contributed by atoms with Crippen molar-refractivity contribution in [3.05, 3.63) is 200 Å². The topological polar surface area (TPSA) is 51.8 Å². The summed E-state index contributed by atoms with van der Waals surface area (Å²) in [6.07, 6.45) is 0. The first-order chi connectivity index (χ1) is 27.2. The van der Waals surface area contributed by atoms with Crippen LogP contribution in [0.25, 0.3) is 101 Å². The summed E-state index contributed by atoms with van der Waals surface area (Å²) >= 11 is 0. The molecule has 2 aromatic heterocycles. The molecule has 0 spiro atoms. The summed E-state index contributed by atoms with van der Waals surface area (Å²) in [6.45, 7) is 0. The summed E-state index contributed by atoms with van der Waals surface area (Å²) in [5.41, 5.74) is 13.1. The minimum atomic E-state index is 0.591. The van der Waals surface area contributed by atoms with Crippen LogP contribution in [-0.4, -0.2) is 15.0 Å². The highest BCUT2D eigenvalue weighted by atomic mass is 16.3. The van der Waals surface area contributed by atoms with Gasteiger partial charge in [0.25, 0.3) is 0 Å². The van der Waals surface area contributed by atoms with Gasteiger partial charge >= 0.3 is 0 Å². The van der Waals surface area contributed by atoms with Gasteiger partial charge in [0.05, 0.1) is 0 Å². The molecule has 55 heavy (non-hydrogen) atoms. The van der Waals surface area contributed by atoms with Gasteiger partial charge in [-0.3, -0.25) is 0 Å². The molecule has 0 amide bonds. The van der Waals surface area contributed by atoms with E-state index in [0.29, 0.717) is 17.5 Å². The molecule has 0 aliphatic heterocycles. The zero-order valence-corrected chi connectivity index (χ0v) is 29.8. The van der Waals surface area contributed by atoms with Crippen LogP contribution in [-0.2, 0) is 0 Å². The molecule has 0 aliphatic rings. The van der Waals surface area contributed by atoms with Gasteiger partial charge in [-0.25, -0.2) is 15.0 Å². The SMILES string of the molecule is c1ccc(-c2ccc(-c3nc(-c4cccc(-c5ccccc5)c4)nc(-c4cc(-c5ccccc5)cc(-c5cccc6c5oc5ccccc56)c4)n3)cc2)cc1. The van der Waals surface area contributed by atoms with E-state index in [1.165, 1.54) is 0 Å². The highest BCUT2D eigenvalue weighted by Gasteiger charge is 2.18. The monoisotopic (exact) mass is 703 g/mol. The van der Waals surface area contributed by atoms with Gasteiger partial charge in [0.1, 0.15) is 11.2 Å². The smallest absolute Gasteiger partial charge is 0.164 e. The van der Waals surface area contributed by atoms with Crippen LogP contribution < -0.4 is 0 Å². The lowest BCUT2D eigenvalue weighted by atomic mass is 9.94. The Morgan fingerprint density at radius 2 is 0.709 bits per heavy atom. The van der Waals surface area contributed by atoms with Gasteiger partial charge in [0.15, 0.2) is 17.5 Å². The van der Waals surface area contributed by atoms with Crippen molar-refractivity contribution in [3.8, 4) is 78.7 Å². The Hall–Kier alpha value is -7.43. The fraction of sp³-hybridized carbons (Fsp3) is 0. The van der Waals surface area contributed by atoms with Crippen LogP contribution in [0.5, 0.6) is 0 Å². The Labute approximate surface area is 319 Å². The second-order valence-corrected chi connectivity index (χ2v) is 13.6. The van der Waals surface area contributed by atoms with Gasteiger partial charge in [0.2, 0.25) is 0 Å². The van der Waals surface area contributed by atoms with Crippen molar-refractivity contribution < 1.29 is 4.42 Å². The molecule has 2 heterocycles. The highest BCUT2D eigenvalue weighted by molar-refractivity contribution is 6.09. The van der Waals surface area contributed by atoms with Crippen molar-refractivity contribution in [3.63, 3.8) is 0 Å². The maximum Gasteiger partial charge on any atom is 0.164 e. The molecule has 0 bridgehead atoms. The number of fused-ring (bicyclic) bond motifs is 3. The van der Waals surface area contributed by atoms with Gasteiger partial charge < -0.3 is 4.42 Å². The van der Waals surface area contributed by atoms with Gasteiger partial charge in [0, 0.05) is 33.0 Å². The first kappa shape index (κ1) is 32.2. The van der Waals surface area contributed by atoms with Crippen LogP contribution in [0.2, 0.25) is 0 Å². The molecule has 0 saturated heterocycles. The summed E-state index contributed by atoms with van der Waals surface area (Å²) in [5.74, 6) is 1.81. The number of furan rings is 1. The molecular formula is C51H33N3O. The van der Waals surface area contributed by atoms with E-state index in [2.05, 4.69) is 170 Å². The van der Waals surface area contributed by atoms with Crippen LogP contribution in [0.15, 0.2) is 205 Å². The molecule has 258 valence electrons. The van der Waals surface area contributed by atoms with E-state index in [4.69, 9.17) is 19.4 Å². The van der Waals surface area contributed by atoms with E-state index < -0.39 is 0 Å². The molecule has 0 unspecified atom stereocenters. The van der Waals surface area contributed by atoms with Crippen molar-refractivity contribution in [2.24, 2.45) is 0 Å². The molecule has 0 N–H and O–H groups in total. The number of aromatic nitrogens is 3. The van der Waals surface area contributed by atoms with Crippen LogP contribution in [0.1, 0.15) is 0 Å². The van der Waals surface area contributed by atoms with Crippen molar-refractivity contribution in [1.29, 1.82) is 0 Å². The van der Waals surface area contributed by atoms with Gasteiger partial charge in [-0.15, -0.1) is 0 Å². The van der Waals surface area contributed by atoms with Gasteiger partial charge in [-0.05, 0) is 69.3 Å². The summed E-state index contributed by atoms with van der Waals surface area (Å²) in [5, 5.41) is 2.18. The molecule has 0 radical (unpaired) electrons. The van der Waals surface area contributed by atoms with Gasteiger partial charge in [-0.2, -0.15) is 0 Å². The highest BCUT2D eigenvalue weighted by Crippen LogP contribution is 2.39. The second kappa shape index (κ2) is 13.8. The fourth-order valence-electron chi connectivity index (χ4n) is 7.36. The number of hydrogen-bond donors (Lipinski definition) is 0. The number of benzene rings is 8. The maximum absolute atomic E-state index is 6.53. The molecule has 0 saturated carbocycles. The van der Waals surface area contributed by atoms with Crippen LogP contribution >= 0.6 is 0 Å². The lowest BCUT2D eigenvalue weighted by Crippen LogP contribution is -2.01. The minimum Gasteiger partial charge on any atom is -0.455 e. The molecule has 0 atom stereocenters. The Morgan fingerprint density at radius 1 is 0.273 bits per heavy atom. The van der Waals surface area contributed by atoms with Crippen LogP contribution in [0.4, 0.5) is 0 Å². The lowest BCUT2D eigenvalue weighted by Gasteiger charge is -2.13. The summed E-state index contributed by atoms with van der Waals surface area (Å²) in [6, 6.07) is 69.3. The second-order valence-electron chi connectivity index (χ2n) is 13.6. The van der Waals surface area contributed by atoms with Crippen molar-refractivity contribution in [1.82, 2.24) is 15.0 Å². The number of para-hydroxylation sites is 2. The fourth-order valence-corrected chi connectivity index (χ4v) is 7.36. The number of nitrogens with zero attached hydrogens (tertiary/aromatic N) is 3. The Balaban J connectivity index is 1.18. The third-order valence-corrected chi connectivity index (χ3v) is 10.1. The zero-order valence-electron chi connectivity index (χ0n) is 29.8. The largest absolute Gasteiger partial charge is 0.455 e. The average Bonchev–Trinajstić information content (AvgIpc) is 3.66. The third kappa shape index (κ3) is 6.26. The lowest BCUT2D eigenvalue weighted by molar-refractivity contribution is 0.670. The van der Waals surface area contributed by atoms with Crippen LogP contribution in [0.3, 0.4) is 0 Å². The van der Waals surface area contributed by atoms with Crippen molar-refractivity contribution in [2.75, 3.05) is 0 Å². The van der Waals surface area contributed by atoms with E-state index in [-0.39, 0.29) is 0 Å². The Morgan fingerprint density at radius 3 is 1.42 bits per heavy atom. The molecule has 0 aliphatic carbocycles. The summed E-state index contributed by atoms with van der Waals surface area (Å²) < 4.78 is 6.53. The third-order valence-electron chi connectivity index (χ3n) is 10.1. The Kier molecular flexibility index (Phi) is 8.12. The van der Waals surface area contributed by atoms with E-state index in [1.807, 2.05) is 30.3 Å². The van der Waals surface area contributed by atoms with E-state index in [1.54, 1.807) is 0 Å². The predicted octanol–water partition coefficient (Wildman–Crippen LogP) is 13.4. The first-order valence-corrected chi connectivity index (χ1v) is 18.4. The van der Waals surface area contributed by atoms with Crippen molar-refractivity contribution >= 4 is 21.9 Å². The number of rotatable bonds is 7. The van der Waals surface area contributed by atoms with E-state index in [0.717, 1.165) is 83.1 Å². The van der Waals surface area contributed by atoms with Crippen LogP contribution in [0, 0.1) is 0 Å². The molecule has 10 rings (SSSR count). The maximum atomic E-state index is 6.53. The van der Waals surface area contributed by atoms with Crippen molar-refractivity contribution in [2.45, 2.75) is 0 Å². The van der Waals surface area contributed by atoms with E-state index in [9.17, 15) is 0 Å². The molecule has 8 aromatic carbocycles. The zero-order chi connectivity index (χ0) is 36.6. The number of hydrogen-bond acceptors (Lipinski definition) is 4. The first-order valence-electron chi connectivity index (χ1n) is 18.4. The predicted molar refractivity (Wildman–Crippen MR) is 225 cm³/mol. The minimum absolute atomic E-state index is 0.591. The quantitative estimate of drug-likeness (QED) is 0.166. The average molecular weight is 704 g/mol. The molecular weight excluding hydrogens is 671 g/mol. The standard InChI is InChI=1S/C51H33N3O/c1-4-14-34(15-5-1)37-26-28-38(29-27-37)49-52-50(40-21-12-20-39(30-40)35-16-6-2-7-17-35)54-51(53-49)43-32-41(36-18-8-3-9-19-36)31-42(33-43)44-23-13-24-46-45-22-10-11-25-47(45)55-48(44)46/h1-33H. The molecule has 10 aromatic rings. The molecule has 4 heteroatoms. The van der Waals surface area contributed by atoms with Gasteiger partial charge in [-0.1, -0.05) is 170 Å². The summed E-state index contributed by atoms with van der Waals surface area (Å²) in [4.78, 5) is 15.5. The van der Waals surface area contributed by atoms with E-state index >= 15 is 0 Å².